The van der Waals surface area contributed by atoms with E-state index in [-0.39, 0.29) is 24.0 Å². The number of ether oxygens (including phenoxy) is 1. The topological polar surface area (TPSA) is 66.7 Å². The maximum atomic E-state index is 5.34. The van der Waals surface area contributed by atoms with Gasteiger partial charge < -0.3 is 20.3 Å². The van der Waals surface area contributed by atoms with Crippen LogP contribution < -0.4 is 20.3 Å². The van der Waals surface area contributed by atoms with Gasteiger partial charge in [-0.1, -0.05) is 6.07 Å². The average molecular weight is 498 g/mol. The summed E-state index contributed by atoms with van der Waals surface area (Å²) in [6, 6.07) is 10.3. The zero-order chi connectivity index (χ0) is 19.1. The molecule has 3 rings (SSSR count). The largest absolute Gasteiger partial charge is 0.497 e. The molecule has 1 fully saturated rings. The van der Waals surface area contributed by atoms with Gasteiger partial charge in [0.15, 0.2) is 5.96 Å². The highest BCUT2D eigenvalue weighted by Gasteiger charge is 2.23. The molecule has 0 aliphatic carbocycles. The third-order valence-corrected chi connectivity index (χ3v) is 4.93. The predicted octanol–water partition coefficient (Wildman–Crippen LogP) is 2.63. The molecule has 2 N–H and O–H groups in total. The van der Waals surface area contributed by atoms with Crippen molar-refractivity contribution >= 4 is 35.6 Å². The molecule has 0 amide bonds. The molecule has 1 aliphatic rings. The van der Waals surface area contributed by atoms with Crippen LogP contribution >= 0.6 is 24.0 Å². The number of benzene rings is 1. The number of halogens is 1. The molecule has 7 nitrogen and oxygen atoms in total. The van der Waals surface area contributed by atoms with Crippen molar-refractivity contribution in [2.75, 3.05) is 38.2 Å². The number of aromatic nitrogens is 2. The van der Waals surface area contributed by atoms with E-state index >= 15 is 0 Å². The lowest BCUT2D eigenvalue weighted by molar-refractivity contribution is 0.415. The standard InChI is InChI=1S/C20H30N6O.HI/c1-4-21-20(23-14-18-8-10-24-25(18)2)22-13-16-9-11-26(15-16)17-6-5-7-19(12-17)27-3;/h5-8,10,12,16H,4,9,11,13-15H2,1-3H3,(H2,21,22,23);1H. The normalized spacial score (nSPS) is 16.6. The zero-order valence-corrected chi connectivity index (χ0v) is 19.2. The summed E-state index contributed by atoms with van der Waals surface area (Å²) in [5.74, 6) is 2.36. The number of hydrogen-bond donors (Lipinski definition) is 2. The van der Waals surface area contributed by atoms with E-state index in [1.807, 2.05) is 29.9 Å². The van der Waals surface area contributed by atoms with Crippen molar-refractivity contribution < 1.29 is 4.74 Å². The molecule has 2 heterocycles. The Labute approximate surface area is 184 Å². The summed E-state index contributed by atoms with van der Waals surface area (Å²) < 4.78 is 7.20. The first kappa shape index (κ1) is 22.3. The van der Waals surface area contributed by atoms with Gasteiger partial charge in [-0.25, -0.2) is 4.99 Å². The lowest BCUT2D eigenvalue weighted by atomic mass is 10.1. The monoisotopic (exact) mass is 498 g/mol. The van der Waals surface area contributed by atoms with Crippen LogP contribution in [0.3, 0.4) is 0 Å². The SMILES string of the molecule is CCNC(=NCc1ccnn1C)NCC1CCN(c2cccc(OC)c2)C1.I. The van der Waals surface area contributed by atoms with E-state index in [0.717, 1.165) is 43.6 Å². The van der Waals surface area contributed by atoms with Crippen LogP contribution in [0.2, 0.25) is 0 Å². The van der Waals surface area contributed by atoms with Crippen LogP contribution in [0.4, 0.5) is 5.69 Å². The van der Waals surface area contributed by atoms with Gasteiger partial charge in [-0.3, -0.25) is 4.68 Å². The minimum Gasteiger partial charge on any atom is -0.497 e. The van der Waals surface area contributed by atoms with Crippen molar-refractivity contribution in [3.8, 4) is 5.75 Å². The molecular formula is C20H31IN6O. The van der Waals surface area contributed by atoms with Gasteiger partial charge in [0.2, 0.25) is 0 Å². The summed E-state index contributed by atoms with van der Waals surface area (Å²) in [6.07, 6.45) is 2.97. The van der Waals surface area contributed by atoms with E-state index in [4.69, 9.17) is 4.74 Å². The highest BCUT2D eigenvalue weighted by molar-refractivity contribution is 14.0. The number of nitrogens with one attached hydrogen (secondary N) is 2. The third kappa shape index (κ3) is 6.02. The Morgan fingerprint density at radius 3 is 2.89 bits per heavy atom. The molecule has 28 heavy (non-hydrogen) atoms. The van der Waals surface area contributed by atoms with Crippen LogP contribution in [0.15, 0.2) is 41.5 Å². The fourth-order valence-corrected chi connectivity index (χ4v) is 3.34. The van der Waals surface area contributed by atoms with E-state index in [1.165, 1.54) is 12.1 Å². The van der Waals surface area contributed by atoms with E-state index in [1.54, 1.807) is 13.3 Å². The summed E-state index contributed by atoms with van der Waals surface area (Å²) >= 11 is 0. The van der Waals surface area contributed by atoms with E-state index in [0.29, 0.717) is 12.5 Å². The van der Waals surface area contributed by atoms with Gasteiger partial charge in [-0.05, 0) is 37.5 Å². The van der Waals surface area contributed by atoms with Gasteiger partial charge in [0.25, 0.3) is 0 Å². The van der Waals surface area contributed by atoms with Crippen molar-refractivity contribution in [1.82, 2.24) is 20.4 Å². The molecule has 0 spiro atoms. The third-order valence-electron chi connectivity index (χ3n) is 4.93. The van der Waals surface area contributed by atoms with Gasteiger partial charge in [0.05, 0.1) is 19.3 Å². The molecule has 8 heteroatoms. The Balaban J connectivity index is 0.00000280. The molecule has 0 bridgehead atoms. The second kappa shape index (κ2) is 11.1. The second-order valence-corrected chi connectivity index (χ2v) is 6.82. The first-order valence-electron chi connectivity index (χ1n) is 9.57. The van der Waals surface area contributed by atoms with Gasteiger partial charge in [-0.15, -0.1) is 24.0 Å². The fraction of sp³-hybridized carbons (Fsp3) is 0.500. The van der Waals surface area contributed by atoms with Crippen LogP contribution in [-0.2, 0) is 13.6 Å². The first-order valence-corrected chi connectivity index (χ1v) is 9.57. The molecule has 1 aliphatic heterocycles. The Morgan fingerprint density at radius 2 is 2.18 bits per heavy atom. The Bertz CT molecular complexity index is 763. The van der Waals surface area contributed by atoms with E-state index < -0.39 is 0 Å². The molecule has 154 valence electrons. The average Bonchev–Trinajstić information content (AvgIpc) is 3.33. The second-order valence-electron chi connectivity index (χ2n) is 6.82. The Hall–Kier alpha value is -1.97. The zero-order valence-electron chi connectivity index (χ0n) is 16.9. The molecule has 1 unspecified atom stereocenters. The van der Waals surface area contributed by atoms with Gasteiger partial charge >= 0.3 is 0 Å². The summed E-state index contributed by atoms with van der Waals surface area (Å²) in [5, 5.41) is 11.0. The van der Waals surface area contributed by atoms with E-state index in [9.17, 15) is 0 Å². The maximum Gasteiger partial charge on any atom is 0.191 e. The van der Waals surface area contributed by atoms with Gasteiger partial charge in [-0.2, -0.15) is 5.10 Å². The van der Waals surface area contributed by atoms with Crippen molar-refractivity contribution in [2.24, 2.45) is 18.0 Å². The number of aliphatic imine (C=N–C) groups is 1. The van der Waals surface area contributed by atoms with Crippen LogP contribution in [-0.4, -0.2) is 49.0 Å². The smallest absolute Gasteiger partial charge is 0.191 e. The van der Waals surface area contributed by atoms with Gasteiger partial charge in [0.1, 0.15) is 5.75 Å². The lowest BCUT2D eigenvalue weighted by Gasteiger charge is -2.20. The van der Waals surface area contributed by atoms with Gasteiger partial charge in [0, 0.05) is 51.2 Å². The van der Waals surface area contributed by atoms with E-state index in [2.05, 4.69) is 44.7 Å². The lowest BCUT2D eigenvalue weighted by Crippen LogP contribution is -2.40. The Kier molecular flexibility index (Phi) is 8.88. The molecule has 1 aromatic heterocycles. The number of rotatable bonds is 7. The number of hydrogen-bond acceptors (Lipinski definition) is 4. The van der Waals surface area contributed by atoms with Crippen LogP contribution in [0, 0.1) is 5.92 Å². The van der Waals surface area contributed by atoms with Crippen LogP contribution in [0.25, 0.3) is 0 Å². The molecule has 2 aromatic rings. The summed E-state index contributed by atoms with van der Waals surface area (Å²) in [5.41, 5.74) is 2.32. The number of aryl methyl sites for hydroxylation is 1. The molecule has 1 atom stereocenters. The van der Waals surface area contributed by atoms with Crippen LogP contribution in [0.1, 0.15) is 19.0 Å². The molecule has 0 radical (unpaired) electrons. The van der Waals surface area contributed by atoms with Crippen LogP contribution in [0.5, 0.6) is 5.75 Å². The first-order chi connectivity index (χ1) is 13.2. The maximum absolute atomic E-state index is 5.34. The summed E-state index contributed by atoms with van der Waals surface area (Å²) in [6.45, 7) is 6.58. The highest BCUT2D eigenvalue weighted by Crippen LogP contribution is 2.26. The number of methoxy groups -OCH3 is 1. The van der Waals surface area contributed by atoms with Crippen molar-refractivity contribution in [3.63, 3.8) is 0 Å². The summed E-state index contributed by atoms with van der Waals surface area (Å²) in [4.78, 5) is 7.11. The van der Waals surface area contributed by atoms with Crippen molar-refractivity contribution in [3.05, 3.63) is 42.2 Å². The van der Waals surface area contributed by atoms with Crippen molar-refractivity contribution in [1.29, 1.82) is 0 Å². The quantitative estimate of drug-likeness (QED) is 0.349. The molecular weight excluding hydrogens is 467 g/mol. The highest BCUT2D eigenvalue weighted by atomic mass is 127. The summed E-state index contributed by atoms with van der Waals surface area (Å²) in [7, 11) is 3.65. The molecule has 1 saturated heterocycles. The number of anilines is 1. The van der Waals surface area contributed by atoms with Crippen molar-refractivity contribution in [2.45, 2.75) is 19.9 Å². The number of nitrogens with zero attached hydrogens (tertiary/aromatic N) is 4. The Morgan fingerprint density at radius 1 is 1.32 bits per heavy atom. The minimum absolute atomic E-state index is 0. The minimum atomic E-state index is 0. The predicted molar refractivity (Wildman–Crippen MR) is 125 cm³/mol. The molecule has 1 aromatic carbocycles. The number of guanidine groups is 1. The fourth-order valence-electron chi connectivity index (χ4n) is 3.34. The molecule has 0 saturated carbocycles.